The first-order chi connectivity index (χ1) is 9.63. The van der Waals surface area contributed by atoms with Gasteiger partial charge in [-0.1, -0.05) is 13.8 Å². The Morgan fingerprint density at radius 1 is 1.10 bits per heavy atom. The van der Waals surface area contributed by atoms with Gasteiger partial charge in [0.25, 0.3) is 0 Å². The Bertz CT molecular complexity index is 267. The van der Waals surface area contributed by atoms with Crippen molar-refractivity contribution in [1.82, 2.24) is 10.2 Å². The van der Waals surface area contributed by atoms with E-state index < -0.39 is 0 Å². The maximum atomic E-state index is 6.13. The Morgan fingerprint density at radius 3 is 2.55 bits per heavy atom. The van der Waals surface area contributed by atoms with Crippen LogP contribution in [0.15, 0.2) is 0 Å². The monoisotopic (exact) mass is 284 g/mol. The predicted molar refractivity (Wildman–Crippen MR) is 82.1 cm³/mol. The molecule has 0 aromatic rings. The summed E-state index contributed by atoms with van der Waals surface area (Å²) in [5.41, 5.74) is 0. The number of nitrogens with zero attached hydrogens (tertiary/aromatic N) is 1. The van der Waals surface area contributed by atoms with Crippen molar-refractivity contribution in [3.63, 3.8) is 0 Å². The molecular formula is C16H32N2O2. The highest BCUT2D eigenvalue weighted by Crippen LogP contribution is 2.20. The van der Waals surface area contributed by atoms with Gasteiger partial charge in [0.15, 0.2) is 0 Å². The molecular weight excluding hydrogens is 252 g/mol. The van der Waals surface area contributed by atoms with E-state index in [0.29, 0.717) is 24.2 Å². The molecule has 2 aliphatic heterocycles. The van der Waals surface area contributed by atoms with Crippen LogP contribution in [0.1, 0.15) is 39.5 Å². The highest BCUT2D eigenvalue weighted by molar-refractivity contribution is 4.78. The summed E-state index contributed by atoms with van der Waals surface area (Å²) in [7, 11) is 2.19. The summed E-state index contributed by atoms with van der Waals surface area (Å²) >= 11 is 0. The van der Waals surface area contributed by atoms with Crippen LogP contribution in [0.2, 0.25) is 0 Å². The third kappa shape index (κ3) is 5.68. The molecule has 4 heteroatoms. The van der Waals surface area contributed by atoms with Crippen molar-refractivity contribution in [2.75, 3.05) is 39.8 Å². The van der Waals surface area contributed by atoms with Crippen molar-refractivity contribution in [3.05, 3.63) is 0 Å². The maximum absolute atomic E-state index is 6.13. The molecule has 2 saturated heterocycles. The molecule has 2 rings (SSSR count). The molecule has 0 bridgehead atoms. The zero-order valence-corrected chi connectivity index (χ0v) is 13.4. The van der Waals surface area contributed by atoms with Crippen molar-refractivity contribution < 1.29 is 9.47 Å². The second-order valence-corrected chi connectivity index (χ2v) is 6.87. The highest BCUT2D eigenvalue weighted by Gasteiger charge is 2.27. The van der Waals surface area contributed by atoms with E-state index in [-0.39, 0.29) is 0 Å². The largest absolute Gasteiger partial charge is 0.377 e. The Morgan fingerprint density at radius 2 is 1.85 bits per heavy atom. The SMILES string of the molecule is CC(C)CNCC1CCC(CN(C)CC2CCCO2)O1. The van der Waals surface area contributed by atoms with Gasteiger partial charge in [0.2, 0.25) is 0 Å². The summed E-state index contributed by atoms with van der Waals surface area (Å²) in [6, 6.07) is 0. The van der Waals surface area contributed by atoms with Crippen LogP contribution in [0.25, 0.3) is 0 Å². The minimum absolute atomic E-state index is 0.409. The van der Waals surface area contributed by atoms with Crippen LogP contribution in [0, 0.1) is 5.92 Å². The highest BCUT2D eigenvalue weighted by atomic mass is 16.5. The number of rotatable bonds is 8. The third-order valence-corrected chi connectivity index (χ3v) is 4.17. The molecule has 3 atom stereocenters. The first kappa shape index (κ1) is 16.2. The van der Waals surface area contributed by atoms with Gasteiger partial charge in [0, 0.05) is 26.2 Å². The van der Waals surface area contributed by atoms with Crippen molar-refractivity contribution >= 4 is 0 Å². The summed E-state index contributed by atoms with van der Waals surface area (Å²) in [4.78, 5) is 2.38. The normalized spacial score (nSPS) is 30.8. The van der Waals surface area contributed by atoms with E-state index in [1.165, 1.54) is 25.7 Å². The van der Waals surface area contributed by atoms with Crippen LogP contribution < -0.4 is 5.32 Å². The van der Waals surface area contributed by atoms with Crippen LogP contribution in [0.4, 0.5) is 0 Å². The average molecular weight is 284 g/mol. The first-order valence-corrected chi connectivity index (χ1v) is 8.29. The van der Waals surface area contributed by atoms with E-state index in [1.807, 2.05) is 0 Å². The van der Waals surface area contributed by atoms with E-state index in [9.17, 15) is 0 Å². The topological polar surface area (TPSA) is 33.7 Å². The number of hydrogen-bond donors (Lipinski definition) is 1. The summed E-state index contributed by atoms with van der Waals surface area (Å²) in [5, 5.41) is 3.50. The zero-order valence-electron chi connectivity index (χ0n) is 13.4. The number of ether oxygens (including phenoxy) is 2. The number of likely N-dealkylation sites (N-methyl/N-ethyl adjacent to an activating group) is 1. The Kier molecular flexibility index (Phi) is 6.75. The fraction of sp³-hybridized carbons (Fsp3) is 1.00. The Hall–Kier alpha value is -0.160. The smallest absolute Gasteiger partial charge is 0.0707 e. The lowest BCUT2D eigenvalue weighted by Gasteiger charge is -2.24. The lowest BCUT2D eigenvalue weighted by Crippen LogP contribution is -2.36. The average Bonchev–Trinajstić information content (AvgIpc) is 3.01. The Labute approximate surface area is 124 Å². The van der Waals surface area contributed by atoms with E-state index in [1.54, 1.807) is 0 Å². The van der Waals surface area contributed by atoms with Crippen LogP contribution in [0.3, 0.4) is 0 Å². The second kappa shape index (κ2) is 8.32. The van der Waals surface area contributed by atoms with E-state index >= 15 is 0 Å². The summed E-state index contributed by atoms with van der Waals surface area (Å²) in [6.07, 6.45) is 6.11. The molecule has 0 aromatic heterocycles. The summed E-state index contributed by atoms with van der Waals surface area (Å²) in [6.45, 7) is 9.61. The molecule has 0 spiro atoms. The summed E-state index contributed by atoms with van der Waals surface area (Å²) < 4.78 is 11.8. The molecule has 2 fully saturated rings. The zero-order chi connectivity index (χ0) is 14.4. The van der Waals surface area contributed by atoms with Gasteiger partial charge >= 0.3 is 0 Å². The molecule has 1 N–H and O–H groups in total. The van der Waals surface area contributed by atoms with Crippen molar-refractivity contribution in [3.8, 4) is 0 Å². The van der Waals surface area contributed by atoms with Crippen LogP contribution in [-0.2, 0) is 9.47 Å². The minimum Gasteiger partial charge on any atom is -0.377 e. The van der Waals surface area contributed by atoms with Gasteiger partial charge in [-0.3, -0.25) is 0 Å². The van der Waals surface area contributed by atoms with Crippen LogP contribution >= 0.6 is 0 Å². The van der Waals surface area contributed by atoms with Gasteiger partial charge in [-0.15, -0.1) is 0 Å². The van der Waals surface area contributed by atoms with Crippen LogP contribution in [0.5, 0.6) is 0 Å². The summed E-state index contributed by atoms with van der Waals surface area (Å²) in [5.74, 6) is 0.713. The van der Waals surface area contributed by atoms with E-state index in [4.69, 9.17) is 9.47 Å². The molecule has 0 radical (unpaired) electrons. The quantitative estimate of drug-likeness (QED) is 0.738. The first-order valence-electron chi connectivity index (χ1n) is 8.29. The number of nitrogens with one attached hydrogen (secondary N) is 1. The molecule has 3 unspecified atom stereocenters. The van der Waals surface area contributed by atoms with Gasteiger partial charge in [0.05, 0.1) is 18.3 Å². The number of hydrogen-bond acceptors (Lipinski definition) is 4. The molecule has 0 aromatic carbocycles. The van der Waals surface area contributed by atoms with Gasteiger partial charge in [-0.25, -0.2) is 0 Å². The molecule has 4 nitrogen and oxygen atoms in total. The van der Waals surface area contributed by atoms with Crippen LogP contribution in [-0.4, -0.2) is 63.0 Å². The molecule has 20 heavy (non-hydrogen) atoms. The predicted octanol–water partition coefficient (Wildman–Crippen LogP) is 1.89. The molecule has 0 aliphatic carbocycles. The second-order valence-electron chi connectivity index (χ2n) is 6.87. The van der Waals surface area contributed by atoms with E-state index in [0.717, 1.165) is 32.8 Å². The lowest BCUT2D eigenvalue weighted by molar-refractivity contribution is 0.0156. The molecule has 2 aliphatic rings. The van der Waals surface area contributed by atoms with Crippen molar-refractivity contribution in [2.24, 2.45) is 5.92 Å². The molecule has 0 saturated carbocycles. The maximum Gasteiger partial charge on any atom is 0.0707 e. The van der Waals surface area contributed by atoms with Gasteiger partial charge < -0.3 is 19.7 Å². The molecule has 0 amide bonds. The minimum atomic E-state index is 0.409. The molecule has 2 heterocycles. The van der Waals surface area contributed by atoms with Crippen molar-refractivity contribution in [2.45, 2.75) is 57.8 Å². The standard InChI is InChI=1S/C16H32N2O2/c1-13(2)9-17-10-14-6-7-16(20-14)12-18(3)11-15-5-4-8-19-15/h13-17H,4-12H2,1-3H3. The Balaban J connectivity index is 1.57. The van der Waals surface area contributed by atoms with Gasteiger partial charge in [-0.05, 0) is 45.2 Å². The van der Waals surface area contributed by atoms with Crippen molar-refractivity contribution in [1.29, 1.82) is 0 Å². The van der Waals surface area contributed by atoms with E-state index in [2.05, 4.69) is 31.1 Å². The third-order valence-electron chi connectivity index (χ3n) is 4.17. The van der Waals surface area contributed by atoms with Gasteiger partial charge in [-0.2, -0.15) is 0 Å². The fourth-order valence-corrected chi connectivity index (χ4v) is 3.16. The fourth-order valence-electron chi connectivity index (χ4n) is 3.16. The molecule has 118 valence electrons. The van der Waals surface area contributed by atoms with Gasteiger partial charge in [0.1, 0.15) is 0 Å². The lowest BCUT2D eigenvalue weighted by atomic mass is 10.1.